The van der Waals surface area contributed by atoms with Crippen LogP contribution in [0.3, 0.4) is 0 Å². The number of para-hydroxylation sites is 2. The summed E-state index contributed by atoms with van der Waals surface area (Å²) in [4.78, 5) is 22.2. The highest BCUT2D eigenvalue weighted by Crippen LogP contribution is 2.29. The Labute approximate surface area is 141 Å². The van der Waals surface area contributed by atoms with Gasteiger partial charge >= 0.3 is 6.03 Å². The molecule has 24 heavy (non-hydrogen) atoms. The number of hydrogen-bond donors (Lipinski definition) is 1. The van der Waals surface area contributed by atoms with Gasteiger partial charge in [0.1, 0.15) is 5.75 Å². The maximum atomic E-state index is 12.4. The number of rotatable bonds is 5. The number of carbonyl (C=O) groups is 1. The molecule has 0 spiro atoms. The molecule has 0 bridgehead atoms. The Morgan fingerprint density at radius 3 is 2.83 bits per heavy atom. The zero-order valence-corrected chi connectivity index (χ0v) is 13.8. The highest BCUT2D eigenvalue weighted by molar-refractivity contribution is 5.90. The van der Waals surface area contributed by atoms with E-state index in [0.29, 0.717) is 12.2 Å². The first-order chi connectivity index (χ1) is 11.7. The fourth-order valence-corrected chi connectivity index (χ4v) is 2.80. The number of benzene rings is 1. The Morgan fingerprint density at radius 1 is 1.29 bits per heavy atom. The Hall–Kier alpha value is -2.63. The molecule has 6 heteroatoms. The van der Waals surface area contributed by atoms with Crippen molar-refractivity contribution < 1.29 is 9.53 Å². The molecule has 1 saturated carbocycles. The number of carbonyl (C=O) groups excluding carboxylic acids is 1. The first-order valence-electron chi connectivity index (χ1n) is 8.25. The molecule has 2 aromatic rings. The summed E-state index contributed by atoms with van der Waals surface area (Å²) in [5.74, 6) is 0.727. The second kappa shape index (κ2) is 7.77. The Balaban J connectivity index is 1.63. The van der Waals surface area contributed by atoms with Crippen molar-refractivity contribution >= 4 is 11.7 Å². The van der Waals surface area contributed by atoms with Gasteiger partial charge in [0.05, 0.1) is 30.2 Å². The van der Waals surface area contributed by atoms with Crippen LogP contribution in [-0.2, 0) is 6.54 Å². The van der Waals surface area contributed by atoms with Crippen molar-refractivity contribution in [2.45, 2.75) is 38.3 Å². The molecule has 0 radical (unpaired) electrons. The van der Waals surface area contributed by atoms with E-state index in [-0.39, 0.29) is 12.1 Å². The number of ether oxygens (including phenoxy) is 1. The predicted octanol–water partition coefficient (Wildman–Crippen LogP) is 3.46. The number of hydrogen-bond acceptors (Lipinski definition) is 4. The van der Waals surface area contributed by atoms with Crippen LogP contribution >= 0.6 is 0 Å². The van der Waals surface area contributed by atoms with Crippen molar-refractivity contribution in [1.29, 1.82) is 0 Å². The van der Waals surface area contributed by atoms with E-state index in [1.807, 2.05) is 24.3 Å². The van der Waals surface area contributed by atoms with Crippen LogP contribution in [-0.4, -0.2) is 34.1 Å². The molecule has 1 aromatic heterocycles. The van der Waals surface area contributed by atoms with Gasteiger partial charge < -0.3 is 15.0 Å². The van der Waals surface area contributed by atoms with Crippen molar-refractivity contribution in [3.05, 3.63) is 48.5 Å². The third-order valence-corrected chi connectivity index (χ3v) is 4.09. The monoisotopic (exact) mass is 326 g/mol. The van der Waals surface area contributed by atoms with Gasteiger partial charge in [0.15, 0.2) is 0 Å². The van der Waals surface area contributed by atoms with E-state index in [0.717, 1.165) is 24.3 Å². The van der Waals surface area contributed by atoms with E-state index in [9.17, 15) is 4.79 Å². The van der Waals surface area contributed by atoms with Gasteiger partial charge in [0, 0.05) is 19.4 Å². The van der Waals surface area contributed by atoms with Crippen LogP contribution < -0.4 is 10.1 Å². The average Bonchev–Trinajstić information content (AvgIpc) is 3.10. The molecule has 0 saturated heterocycles. The van der Waals surface area contributed by atoms with Crippen LogP contribution in [0.15, 0.2) is 42.9 Å². The van der Waals surface area contributed by atoms with Crippen molar-refractivity contribution in [1.82, 2.24) is 14.9 Å². The molecule has 1 aromatic carbocycles. The zero-order chi connectivity index (χ0) is 16.8. The lowest BCUT2D eigenvalue weighted by atomic mass is 10.2. The molecule has 3 rings (SSSR count). The largest absolute Gasteiger partial charge is 0.488 e. The van der Waals surface area contributed by atoms with Gasteiger partial charge in [-0.3, -0.25) is 9.97 Å². The summed E-state index contributed by atoms with van der Waals surface area (Å²) in [6.07, 6.45) is 9.71. The SMILES string of the molecule is CN(Cc1cnccn1)C(=O)Nc1ccccc1OC1CCCC1. The Morgan fingerprint density at radius 2 is 2.08 bits per heavy atom. The minimum atomic E-state index is -0.205. The van der Waals surface area contributed by atoms with Crippen LogP contribution in [0.1, 0.15) is 31.4 Å². The summed E-state index contributed by atoms with van der Waals surface area (Å²) in [5.41, 5.74) is 1.44. The Bertz CT molecular complexity index is 672. The minimum absolute atomic E-state index is 0.205. The minimum Gasteiger partial charge on any atom is -0.488 e. The van der Waals surface area contributed by atoms with Crippen LogP contribution in [0.25, 0.3) is 0 Å². The van der Waals surface area contributed by atoms with E-state index in [1.165, 1.54) is 12.8 Å². The van der Waals surface area contributed by atoms with Gasteiger partial charge in [-0.2, -0.15) is 0 Å². The molecule has 0 atom stereocenters. The summed E-state index contributed by atoms with van der Waals surface area (Å²) in [7, 11) is 1.73. The van der Waals surface area contributed by atoms with E-state index in [4.69, 9.17) is 4.74 Å². The number of nitrogens with one attached hydrogen (secondary N) is 1. The van der Waals surface area contributed by atoms with Crippen molar-refractivity contribution in [2.24, 2.45) is 0 Å². The second-order valence-corrected chi connectivity index (χ2v) is 6.00. The van der Waals surface area contributed by atoms with E-state index >= 15 is 0 Å². The van der Waals surface area contributed by atoms with Gasteiger partial charge in [-0.25, -0.2) is 4.79 Å². The quantitative estimate of drug-likeness (QED) is 0.913. The fourth-order valence-electron chi connectivity index (χ4n) is 2.80. The number of anilines is 1. The van der Waals surface area contributed by atoms with E-state index < -0.39 is 0 Å². The highest BCUT2D eigenvalue weighted by atomic mass is 16.5. The third kappa shape index (κ3) is 4.22. The van der Waals surface area contributed by atoms with Gasteiger partial charge in [-0.05, 0) is 37.8 Å². The molecular formula is C18H22N4O2. The van der Waals surface area contributed by atoms with Gasteiger partial charge in [0.2, 0.25) is 0 Å². The molecule has 126 valence electrons. The molecular weight excluding hydrogens is 304 g/mol. The summed E-state index contributed by atoms with van der Waals surface area (Å²) in [6.45, 7) is 0.394. The van der Waals surface area contributed by atoms with Gasteiger partial charge in [-0.15, -0.1) is 0 Å². The zero-order valence-electron chi connectivity index (χ0n) is 13.8. The summed E-state index contributed by atoms with van der Waals surface area (Å²) >= 11 is 0. The van der Waals surface area contributed by atoms with Crippen LogP contribution in [0, 0.1) is 0 Å². The molecule has 1 fully saturated rings. The number of nitrogens with zero attached hydrogens (tertiary/aromatic N) is 3. The molecule has 1 aliphatic carbocycles. The number of aromatic nitrogens is 2. The van der Waals surface area contributed by atoms with Crippen molar-refractivity contribution in [3.8, 4) is 5.75 Å². The van der Waals surface area contributed by atoms with E-state index in [1.54, 1.807) is 30.5 Å². The standard InChI is InChI=1S/C18H22N4O2/c1-22(13-14-12-19-10-11-20-14)18(23)21-16-8-4-5-9-17(16)24-15-6-2-3-7-15/h4-5,8-12,15H,2-3,6-7,13H2,1H3,(H,21,23). The lowest BCUT2D eigenvalue weighted by molar-refractivity contribution is 0.209. The maximum absolute atomic E-state index is 12.4. The molecule has 6 nitrogen and oxygen atoms in total. The first-order valence-corrected chi connectivity index (χ1v) is 8.25. The van der Waals surface area contributed by atoms with Crippen LogP contribution in [0.5, 0.6) is 5.75 Å². The van der Waals surface area contributed by atoms with Crippen LogP contribution in [0.2, 0.25) is 0 Å². The van der Waals surface area contributed by atoms with Crippen molar-refractivity contribution in [2.75, 3.05) is 12.4 Å². The molecule has 1 N–H and O–H groups in total. The van der Waals surface area contributed by atoms with Crippen molar-refractivity contribution in [3.63, 3.8) is 0 Å². The fraction of sp³-hybridized carbons (Fsp3) is 0.389. The molecule has 0 unspecified atom stereocenters. The topological polar surface area (TPSA) is 67.4 Å². The predicted molar refractivity (Wildman–Crippen MR) is 91.8 cm³/mol. The lowest BCUT2D eigenvalue weighted by Gasteiger charge is -2.20. The summed E-state index contributed by atoms with van der Waals surface area (Å²) in [6, 6.07) is 7.36. The number of urea groups is 1. The van der Waals surface area contributed by atoms with E-state index in [2.05, 4.69) is 15.3 Å². The maximum Gasteiger partial charge on any atom is 0.322 e. The summed E-state index contributed by atoms with van der Waals surface area (Å²) in [5, 5.41) is 2.92. The second-order valence-electron chi connectivity index (χ2n) is 6.00. The molecule has 2 amide bonds. The molecule has 1 aliphatic rings. The average molecular weight is 326 g/mol. The molecule has 0 aliphatic heterocycles. The van der Waals surface area contributed by atoms with Gasteiger partial charge in [0.25, 0.3) is 0 Å². The van der Waals surface area contributed by atoms with Crippen LogP contribution in [0.4, 0.5) is 10.5 Å². The molecule has 1 heterocycles. The highest BCUT2D eigenvalue weighted by Gasteiger charge is 2.19. The number of amides is 2. The smallest absolute Gasteiger partial charge is 0.322 e. The first kappa shape index (κ1) is 16.2. The summed E-state index contributed by atoms with van der Waals surface area (Å²) < 4.78 is 6.05. The van der Waals surface area contributed by atoms with Gasteiger partial charge in [-0.1, -0.05) is 12.1 Å². The Kier molecular flexibility index (Phi) is 5.25. The third-order valence-electron chi connectivity index (χ3n) is 4.09. The normalized spacial score (nSPS) is 14.4. The lowest BCUT2D eigenvalue weighted by Crippen LogP contribution is -2.31.